The average molecular weight is 400 g/mol. The highest BCUT2D eigenvalue weighted by Gasteiger charge is 2.55. The van der Waals surface area contributed by atoms with Gasteiger partial charge in [0.2, 0.25) is 0 Å². The molecular formula is C22H33N5O2. The van der Waals surface area contributed by atoms with Gasteiger partial charge in [0.05, 0.1) is 16.9 Å². The van der Waals surface area contributed by atoms with Crippen LogP contribution in [0, 0.1) is 17.8 Å². The van der Waals surface area contributed by atoms with E-state index < -0.39 is 11.1 Å². The van der Waals surface area contributed by atoms with Gasteiger partial charge in [-0.15, -0.1) is 0 Å². The first-order chi connectivity index (χ1) is 13.7. The minimum absolute atomic E-state index is 0.129. The van der Waals surface area contributed by atoms with Gasteiger partial charge >= 0.3 is 0 Å². The van der Waals surface area contributed by atoms with Crippen molar-refractivity contribution in [3.63, 3.8) is 0 Å². The van der Waals surface area contributed by atoms with E-state index in [0.29, 0.717) is 35.9 Å². The number of nitrogens with two attached hydrogens (primary N) is 1. The summed E-state index contributed by atoms with van der Waals surface area (Å²) in [5, 5.41) is 21.0. The van der Waals surface area contributed by atoms with Crippen LogP contribution in [0.1, 0.15) is 61.9 Å². The summed E-state index contributed by atoms with van der Waals surface area (Å²) in [6.07, 6.45) is 7.66. The summed E-state index contributed by atoms with van der Waals surface area (Å²) in [6, 6.07) is 0.316. The number of pyridine rings is 1. The minimum atomic E-state index is -0.466. The van der Waals surface area contributed by atoms with Crippen LogP contribution in [0.5, 0.6) is 0 Å². The summed E-state index contributed by atoms with van der Waals surface area (Å²) in [5.41, 5.74) is 7.77. The highest BCUT2D eigenvalue weighted by atomic mass is 16.3. The van der Waals surface area contributed by atoms with E-state index >= 15 is 0 Å². The minimum Gasteiger partial charge on any atom is -0.390 e. The molecule has 5 aliphatic rings. The number of anilines is 2. The van der Waals surface area contributed by atoms with Gasteiger partial charge in [-0.1, -0.05) is 0 Å². The molecule has 0 spiro atoms. The molecule has 1 amide bonds. The zero-order valence-corrected chi connectivity index (χ0v) is 17.4. The molecule has 1 aromatic heterocycles. The van der Waals surface area contributed by atoms with Crippen LogP contribution in [0.2, 0.25) is 0 Å². The first-order valence-corrected chi connectivity index (χ1v) is 11.0. The van der Waals surface area contributed by atoms with Gasteiger partial charge in [-0.05, 0) is 70.1 Å². The average Bonchev–Trinajstić information content (AvgIpc) is 3.09. The van der Waals surface area contributed by atoms with Crippen LogP contribution in [-0.2, 0) is 6.42 Å². The van der Waals surface area contributed by atoms with Gasteiger partial charge in [0.25, 0.3) is 5.91 Å². The van der Waals surface area contributed by atoms with Crippen molar-refractivity contribution in [2.75, 3.05) is 23.7 Å². The molecule has 2 heterocycles. The van der Waals surface area contributed by atoms with Crippen molar-refractivity contribution in [2.24, 2.45) is 23.5 Å². The fraction of sp³-hybridized carbons (Fsp3) is 0.727. The van der Waals surface area contributed by atoms with E-state index in [-0.39, 0.29) is 5.91 Å². The predicted octanol–water partition coefficient (Wildman–Crippen LogP) is 1.87. The van der Waals surface area contributed by atoms with Gasteiger partial charge in [-0.25, -0.2) is 4.98 Å². The molecule has 2 atom stereocenters. The monoisotopic (exact) mass is 399 g/mol. The van der Waals surface area contributed by atoms with Crippen molar-refractivity contribution in [2.45, 2.75) is 69.6 Å². The Morgan fingerprint density at radius 2 is 2.07 bits per heavy atom. The van der Waals surface area contributed by atoms with Gasteiger partial charge in [0.15, 0.2) is 0 Å². The second-order valence-electron chi connectivity index (χ2n) is 10.6. The Bertz CT molecular complexity index is 817. The fourth-order valence-electron chi connectivity index (χ4n) is 6.38. The predicted molar refractivity (Wildman–Crippen MR) is 113 cm³/mol. The topological polar surface area (TPSA) is 112 Å². The Morgan fingerprint density at radius 3 is 2.72 bits per heavy atom. The third kappa shape index (κ3) is 3.48. The van der Waals surface area contributed by atoms with E-state index in [1.54, 1.807) is 6.20 Å². The first kappa shape index (κ1) is 19.1. The Balaban J connectivity index is 1.43. The normalized spacial score (nSPS) is 34.6. The van der Waals surface area contributed by atoms with Gasteiger partial charge in [0.1, 0.15) is 5.82 Å². The summed E-state index contributed by atoms with van der Waals surface area (Å²) < 4.78 is 0. The summed E-state index contributed by atoms with van der Waals surface area (Å²) in [7, 11) is 0. The van der Waals surface area contributed by atoms with E-state index in [1.807, 2.05) is 13.8 Å². The number of aliphatic hydroxyl groups is 1. The number of nitrogens with zero attached hydrogens (tertiary/aromatic N) is 1. The van der Waals surface area contributed by atoms with Gasteiger partial charge < -0.3 is 26.8 Å². The molecule has 4 saturated carbocycles. The van der Waals surface area contributed by atoms with Crippen LogP contribution in [0.25, 0.3) is 0 Å². The zero-order valence-electron chi connectivity index (χ0n) is 17.4. The molecule has 4 aliphatic carbocycles. The van der Waals surface area contributed by atoms with Crippen LogP contribution >= 0.6 is 0 Å². The lowest BCUT2D eigenvalue weighted by molar-refractivity contribution is -0.129. The lowest BCUT2D eigenvalue weighted by atomic mass is 9.52. The molecule has 7 heteroatoms. The van der Waals surface area contributed by atoms with Crippen molar-refractivity contribution in [1.29, 1.82) is 0 Å². The van der Waals surface area contributed by atoms with Gasteiger partial charge in [-0.2, -0.15) is 0 Å². The molecule has 7 nitrogen and oxygen atoms in total. The summed E-state index contributed by atoms with van der Waals surface area (Å²) in [4.78, 5) is 17.5. The molecule has 1 aliphatic heterocycles. The van der Waals surface area contributed by atoms with Crippen LogP contribution in [-0.4, -0.2) is 46.3 Å². The third-order valence-electron chi connectivity index (χ3n) is 7.35. The first-order valence-electron chi connectivity index (χ1n) is 11.0. The molecule has 0 saturated heterocycles. The molecule has 4 fully saturated rings. The molecule has 1 aromatic rings. The molecule has 29 heavy (non-hydrogen) atoms. The van der Waals surface area contributed by atoms with Crippen LogP contribution in [0.3, 0.4) is 0 Å². The summed E-state index contributed by atoms with van der Waals surface area (Å²) >= 11 is 0. The third-order valence-corrected chi connectivity index (χ3v) is 7.35. The van der Waals surface area contributed by atoms with Crippen molar-refractivity contribution >= 4 is 17.4 Å². The maximum Gasteiger partial charge on any atom is 0.255 e. The van der Waals surface area contributed by atoms with Crippen molar-refractivity contribution in [3.05, 3.63) is 17.3 Å². The van der Waals surface area contributed by atoms with Crippen LogP contribution < -0.4 is 21.7 Å². The van der Waals surface area contributed by atoms with Gasteiger partial charge in [0, 0.05) is 36.4 Å². The van der Waals surface area contributed by atoms with E-state index in [4.69, 9.17) is 5.73 Å². The van der Waals surface area contributed by atoms with E-state index in [9.17, 15) is 9.90 Å². The quantitative estimate of drug-likeness (QED) is 0.517. The van der Waals surface area contributed by atoms with E-state index in [1.165, 1.54) is 12.8 Å². The fourth-order valence-corrected chi connectivity index (χ4v) is 6.38. The number of nitrogens with one attached hydrogen (secondary N) is 3. The largest absolute Gasteiger partial charge is 0.390 e. The van der Waals surface area contributed by atoms with Gasteiger partial charge in [-0.3, -0.25) is 4.79 Å². The molecule has 6 rings (SSSR count). The molecule has 6 N–H and O–H groups in total. The molecule has 0 aromatic carbocycles. The number of rotatable bonds is 5. The number of fused-ring (bicyclic) bond motifs is 1. The Hall–Kier alpha value is -1.86. The number of hydrogen-bond acceptors (Lipinski definition) is 6. The van der Waals surface area contributed by atoms with Crippen molar-refractivity contribution < 1.29 is 9.90 Å². The van der Waals surface area contributed by atoms with E-state index in [0.717, 1.165) is 49.3 Å². The molecular weight excluding hydrogens is 366 g/mol. The summed E-state index contributed by atoms with van der Waals surface area (Å²) in [5.74, 6) is 2.36. The van der Waals surface area contributed by atoms with Crippen LogP contribution in [0.4, 0.5) is 11.5 Å². The SMILES string of the molecule is CC(C)(N)CNC(=O)c1cnc2c(c1NC1C3CC4CC1CC(O)(C4)C3)CCN2. The standard InChI is InChI=1S/C22H33N5O2/c1-21(2,23)11-26-20(28)16-10-25-19-15(3-4-24-19)18(16)27-17-13-5-12-6-14(17)9-22(29,7-12)8-13/h10,12-14,17,29H,3-9,11,23H2,1-2H3,(H,26,28)(H2,24,25,27). The Labute approximate surface area is 172 Å². The number of carbonyl (C=O) groups excluding carboxylic acids is 1. The number of aromatic nitrogens is 1. The van der Waals surface area contributed by atoms with Crippen LogP contribution in [0.15, 0.2) is 6.20 Å². The number of amides is 1. The lowest BCUT2D eigenvalue weighted by Gasteiger charge is -2.58. The highest BCUT2D eigenvalue weighted by molar-refractivity contribution is 6.01. The molecule has 4 bridgehead atoms. The Morgan fingerprint density at radius 1 is 1.34 bits per heavy atom. The highest BCUT2D eigenvalue weighted by Crippen LogP contribution is 2.56. The number of hydrogen-bond donors (Lipinski definition) is 5. The maximum absolute atomic E-state index is 13.0. The summed E-state index contributed by atoms with van der Waals surface area (Å²) in [6.45, 7) is 5.05. The van der Waals surface area contributed by atoms with Crippen molar-refractivity contribution in [3.8, 4) is 0 Å². The molecule has 158 valence electrons. The maximum atomic E-state index is 13.0. The lowest BCUT2D eigenvalue weighted by Crippen LogP contribution is -2.59. The van der Waals surface area contributed by atoms with Crippen molar-refractivity contribution in [1.82, 2.24) is 10.3 Å². The second-order valence-corrected chi connectivity index (χ2v) is 10.6. The van der Waals surface area contributed by atoms with E-state index in [2.05, 4.69) is 20.9 Å². The second kappa shape index (κ2) is 6.57. The zero-order chi connectivity index (χ0) is 20.4. The smallest absolute Gasteiger partial charge is 0.255 e. The molecule has 0 radical (unpaired) electrons. The number of carbonyl (C=O) groups is 1. The molecule has 2 unspecified atom stereocenters. The Kier molecular flexibility index (Phi) is 4.33.